The van der Waals surface area contributed by atoms with Crippen LogP contribution in [0.5, 0.6) is 0 Å². The van der Waals surface area contributed by atoms with E-state index in [0.29, 0.717) is 0 Å². The third-order valence-corrected chi connectivity index (χ3v) is 4.73. The van der Waals surface area contributed by atoms with E-state index in [0.717, 1.165) is 42.5 Å². The normalized spacial score (nSPS) is 16.6. The highest BCUT2D eigenvalue weighted by Gasteiger charge is 2.21. The van der Waals surface area contributed by atoms with Crippen molar-refractivity contribution < 1.29 is 0 Å². The van der Waals surface area contributed by atoms with E-state index in [4.69, 9.17) is 5.73 Å². The van der Waals surface area contributed by atoms with E-state index in [9.17, 15) is 4.79 Å². The number of aromatic amines is 1. The number of rotatable bonds is 0. The Morgan fingerprint density at radius 1 is 0.952 bits per heavy atom. The van der Waals surface area contributed by atoms with Gasteiger partial charge in [0.1, 0.15) is 0 Å². The standard InChI is InChI=1S/C17H19N3O/c18-17-19-15-13(16(21)20-17)7-3-6-12-8-10-4-1-2-5-11(10)9-14(12)15/h8-9H,1-7H2,(H3,18,19,20,21). The number of nitrogen functional groups attached to an aromatic ring is 1. The number of H-pyrrole nitrogens is 1. The fourth-order valence-electron chi connectivity index (χ4n) is 3.69. The molecule has 0 atom stereocenters. The summed E-state index contributed by atoms with van der Waals surface area (Å²) >= 11 is 0. The topological polar surface area (TPSA) is 71.8 Å². The summed E-state index contributed by atoms with van der Waals surface area (Å²) in [7, 11) is 0. The zero-order valence-corrected chi connectivity index (χ0v) is 12.0. The van der Waals surface area contributed by atoms with Crippen molar-refractivity contribution in [2.45, 2.75) is 44.9 Å². The Kier molecular flexibility index (Phi) is 2.84. The van der Waals surface area contributed by atoms with Crippen LogP contribution in [0.3, 0.4) is 0 Å². The number of benzene rings is 1. The van der Waals surface area contributed by atoms with Crippen molar-refractivity contribution in [3.8, 4) is 11.3 Å². The fraction of sp³-hybridized carbons (Fsp3) is 0.412. The largest absolute Gasteiger partial charge is 0.369 e. The second-order valence-corrected chi connectivity index (χ2v) is 6.12. The molecular weight excluding hydrogens is 262 g/mol. The van der Waals surface area contributed by atoms with Gasteiger partial charge in [-0.3, -0.25) is 9.78 Å². The summed E-state index contributed by atoms with van der Waals surface area (Å²) in [6.07, 6.45) is 7.64. The second kappa shape index (κ2) is 4.72. The summed E-state index contributed by atoms with van der Waals surface area (Å²) in [5.74, 6) is 0.212. The van der Waals surface area contributed by atoms with Crippen LogP contribution in [0.25, 0.3) is 11.3 Å². The van der Waals surface area contributed by atoms with Crippen LogP contribution in [0.4, 0.5) is 5.95 Å². The lowest BCUT2D eigenvalue weighted by Crippen LogP contribution is -2.17. The Bertz CT molecular complexity index is 776. The Morgan fingerprint density at radius 3 is 2.48 bits per heavy atom. The first-order chi connectivity index (χ1) is 10.2. The molecule has 21 heavy (non-hydrogen) atoms. The van der Waals surface area contributed by atoms with Gasteiger partial charge in [-0.2, -0.15) is 0 Å². The second-order valence-electron chi connectivity index (χ2n) is 6.12. The van der Waals surface area contributed by atoms with E-state index < -0.39 is 0 Å². The number of nitrogens with one attached hydrogen (secondary N) is 1. The summed E-state index contributed by atoms with van der Waals surface area (Å²) in [4.78, 5) is 19.2. The van der Waals surface area contributed by atoms with Crippen molar-refractivity contribution in [2.75, 3.05) is 5.73 Å². The maximum Gasteiger partial charge on any atom is 0.256 e. The lowest BCUT2D eigenvalue weighted by Gasteiger charge is -2.19. The number of aryl methyl sites for hydroxylation is 3. The molecule has 1 aromatic heterocycles. The van der Waals surface area contributed by atoms with Crippen LogP contribution in [-0.2, 0) is 25.7 Å². The third-order valence-electron chi connectivity index (χ3n) is 4.73. The number of nitrogens with zero attached hydrogens (tertiary/aromatic N) is 1. The Hall–Kier alpha value is -2.10. The van der Waals surface area contributed by atoms with Gasteiger partial charge in [-0.05, 0) is 67.7 Å². The van der Waals surface area contributed by atoms with Crippen molar-refractivity contribution in [2.24, 2.45) is 0 Å². The van der Waals surface area contributed by atoms with Crippen LogP contribution in [0.2, 0.25) is 0 Å². The molecule has 4 rings (SSSR count). The van der Waals surface area contributed by atoms with Gasteiger partial charge in [0, 0.05) is 11.1 Å². The minimum Gasteiger partial charge on any atom is -0.369 e. The molecule has 2 aliphatic carbocycles. The first-order valence-electron chi connectivity index (χ1n) is 7.76. The van der Waals surface area contributed by atoms with Gasteiger partial charge < -0.3 is 5.73 Å². The summed E-state index contributed by atoms with van der Waals surface area (Å²) in [6.45, 7) is 0. The maximum atomic E-state index is 12.2. The molecule has 0 fully saturated rings. The van der Waals surface area contributed by atoms with Crippen LogP contribution >= 0.6 is 0 Å². The molecular formula is C17H19N3O. The summed E-state index contributed by atoms with van der Waals surface area (Å²) in [6, 6.07) is 4.61. The van der Waals surface area contributed by atoms with Gasteiger partial charge in [0.05, 0.1) is 5.69 Å². The smallest absolute Gasteiger partial charge is 0.256 e. The number of hydrogen-bond donors (Lipinski definition) is 2. The van der Waals surface area contributed by atoms with E-state index in [1.807, 2.05) is 0 Å². The molecule has 0 amide bonds. The number of hydrogen-bond acceptors (Lipinski definition) is 3. The molecule has 0 saturated carbocycles. The average Bonchev–Trinajstić information content (AvgIpc) is 2.65. The van der Waals surface area contributed by atoms with E-state index >= 15 is 0 Å². The lowest BCUT2D eigenvalue weighted by molar-refractivity contribution is 0.684. The Labute approximate surface area is 123 Å². The molecule has 1 aromatic carbocycles. The lowest BCUT2D eigenvalue weighted by atomic mass is 9.87. The molecule has 108 valence electrons. The SMILES string of the molecule is Nc1nc2c(c(=O)[nH]1)CCCc1cc3c(cc1-2)CCCC3. The van der Waals surface area contributed by atoms with Crippen molar-refractivity contribution >= 4 is 5.95 Å². The molecule has 0 bridgehead atoms. The monoisotopic (exact) mass is 281 g/mol. The Balaban J connectivity index is 1.99. The molecule has 3 N–H and O–H groups in total. The summed E-state index contributed by atoms with van der Waals surface area (Å²) in [5, 5.41) is 0. The van der Waals surface area contributed by atoms with Gasteiger partial charge in [-0.15, -0.1) is 0 Å². The molecule has 0 spiro atoms. The van der Waals surface area contributed by atoms with Crippen molar-refractivity contribution in [3.05, 3.63) is 44.7 Å². The zero-order chi connectivity index (χ0) is 14.4. The van der Waals surface area contributed by atoms with Crippen LogP contribution in [0.1, 0.15) is 41.5 Å². The maximum absolute atomic E-state index is 12.2. The molecule has 2 aromatic rings. The van der Waals surface area contributed by atoms with E-state index in [-0.39, 0.29) is 11.5 Å². The van der Waals surface area contributed by atoms with Gasteiger partial charge in [0.25, 0.3) is 5.56 Å². The van der Waals surface area contributed by atoms with Crippen LogP contribution in [-0.4, -0.2) is 9.97 Å². The van der Waals surface area contributed by atoms with E-state index in [1.165, 1.54) is 36.0 Å². The van der Waals surface area contributed by atoms with Crippen molar-refractivity contribution in [1.29, 1.82) is 0 Å². The molecule has 1 heterocycles. The molecule has 0 radical (unpaired) electrons. The number of fused-ring (bicyclic) bond motifs is 4. The van der Waals surface area contributed by atoms with Crippen LogP contribution in [0, 0.1) is 0 Å². The summed E-state index contributed by atoms with van der Waals surface area (Å²) < 4.78 is 0. The quantitative estimate of drug-likeness (QED) is 0.779. The minimum atomic E-state index is -0.0805. The fourth-order valence-corrected chi connectivity index (χ4v) is 3.69. The van der Waals surface area contributed by atoms with Gasteiger partial charge in [-0.25, -0.2) is 4.98 Å². The predicted molar refractivity (Wildman–Crippen MR) is 83.4 cm³/mol. The minimum absolute atomic E-state index is 0.0805. The third kappa shape index (κ3) is 2.06. The molecule has 4 heteroatoms. The van der Waals surface area contributed by atoms with E-state index in [2.05, 4.69) is 22.1 Å². The van der Waals surface area contributed by atoms with Gasteiger partial charge >= 0.3 is 0 Å². The number of nitrogens with two attached hydrogens (primary N) is 1. The first-order valence-corrected chi connectivity index (χ1v) is 7.76. The van der Waals surface area contributed by atoms with Crippen LogP contribution in [0.15, 0.2) is 16.9 Å². The average molecular weight is 281 g/mol. The van der Waals surface area contributed by atoms with Gasteiger partial charge in [0.15, 0.2) is 0 Å². The van der Waals surface area contributed by atoms with Gasteiger partial charge in [0.2, 0.25) is 5.95 Å². The highest BCUT2D eigenvalue weighted by Crippen LogP contribution is 2.34. The molecule has 0 aliphatic heterocycles. The molecule has 0 unspecified atom stereocenters. The predicted octanol–water partition coefficient (Wildman–Crippen LogP) is 2.39. The van der Waals surface area contributed by atoms with Crippen molar-refractivity contribution in [3.63, 3.8) is 0 Å². The molecule has 2 aliphatic rings. The van der Waals surface area contributed by atoms with E-state index in [1.54, 1.807) is 0 Å². The first kappa shape index (κ1) is 12.6. The van der Waals surface area contributed by atoms with Crippen molar-refractivity contribution in [1.82, 2.24) is 9.97 Å². The number of aromatic nitrogens is 2. The zero-order valence-electron chi connectivity index (χ0n) is 12.0. The molecule has 0 saturated heterocycles. The highest BCUT2D eigenvalue weighted by atomic mass is 16.1. The van der Waals surface area contributed by atoms with Crippen LogP contribution < -0.4 is 11.3 Å². The highest BCUT2D eigenvalue weighted by molar-refractivity contribution is 5.70. The van der Waals surface area contributed by atoms with Gasteiger partial charge in [-0.1, -0.05) is 6.07 Å². The number of anilines is 1. The summed E-state index contributed by atoms with van der Waals surface area (Å²) in [5.41, 5.74) is 12.6. The molecule has 4 nitrogen and oxygen atoms in total. The Morgan fingerprint density at radius 2 is 1.67 bits per heavy atom.